The number of hydrogen-bond acceptors (Lipinski definition) is 7. The van der Waals surface area contributed by atoms with Crippen LogP contribution in [0.25, 0.3) is 0 Å². The lowest BCUT2D eigenvalue weighted by Crippen LogP contribution is -2.23. The molecule has 0 spiro atoms. The van der Waals surface area contributed by atoms with Crippen molar-refractivity contribution in [3.05, 3.63) is 40.4 Å². The third kappa shape index (κ3) is 4.84. The molecule has 0 radical (unpaired) electrons. The van der Waals surface area contributed by atoms with E-state index in [9.17, 15) is 31.8 Å². The van der Waals surface area contributed by atoms with Crippen LogP contribution in [-0.4, -0.2) is 38.4 Å². The molecule has 0 saturated heterocycles. The monoisotopic (exact) mass is 497 g/mol. The smallest absolute Gasteiger partial charge is 0.501 e. The standard InChI is InChI=1S/C20H23ClF3NO6S/c1-19(2,3)11-9-14(30-4)17(31-5)15(16(11)26)18(27)25-13-7-6-10(8-12(13)21)32(28,29)20(22,23)24/h6-9,18,25-27H,1-5H3. The molecule has 0 aromatic heterocycles. The van der Waals surface area contributed by atoms with E-state index in [4.69, 9.17) is 21.1 Å². The summed E-state index contributed by atoms with van der Waals surface area (Å²) in [6, 6.07) is 3.85. The van der Waals surface area contributed by atoms with Crippen LogP contribution in [0.1, 0.15) is 38.1 Å². The number of benzene rings is 2. The maximum absolute atomic E-state index is 12.8. The number of phenolic OH excluding ortho intramolecular Hbond substituents is 1. The van der Waals surface area contributed by atoms with E-state index in [0.717, 1.165) is 6.07 Å². The Balaban J connectivity index is 2.55. The van der Waals surface area contributed by atoms with Gasteiger partial charge in [-0.15, -0.1) is 0 Å². The van der Waals surface area contributed by atoms with Crippen LogP contribution in [0.5, 0.6) is 17.2 Å². The molecule has 0 saturated carbocycles. The lowest BCUT2D eigenvalue weighted by molar-refractivity contribution is -0.0436. The first-order valence-electron chi connectivity index (χ1n) is 9.10. The first-order chi connectivity index (χ1) is 14.6. The van der Waals surface area contributed by atoms with Gasteiger partial charge in [0.25, 0.3) is 9.84 Å². The molecule has 0 aliphatic heterocycles. The molecule has 3 N–H and O–H groups in total. The van der Waals surface area contributed by atoms with Gasteiger partial charge in [0, 0.05) is 5.56 Å². The molecular formula is C20H23ClF3NO6S. The van der Waals surface area contributed by atoms with Gasteiger partial charge in [0.1, 0.15) is 5.75 Å². The lowest BCUT2D eigenvalue weighted by atomic mass is 9.84. The highest BCUT2D eigenvalue weighted by molar-refractivity contribution is 7.92. The molecule has 2 rings (SSSR count). The van der Waals surface area contributed by atoms with E-state index in [1.54, 1.807) is 6.07 Å². The predicted octanol–water partition coefficient (Wildman–Crippen LogP) is 4.76. The van der Waals surface area contributed by atoms with Gasteiger partial charge in [0.05, 0.1) is 35.4 Å². The zero-order valence-corrected chi connectivity index (χ0v) is 19.4. The summed E-state index contributed by atoms with van der Waals surface area (Å²) in [4.78, 5) is -1.05. The number of nitrogens with one attached hydrogen (secondary N) is 1. The van der Waals surface area contributed by atoms with Crippen LogP contribution in [0.15, 0.2) is 29.2 Å². The maximum atomic E-state index is 12.8. The Bertz CT molecular complexity index is 1110. The van der Waals surface area contributed by atoms with Gasteiger partial charge in [-0.3, -0.25) is 0 Å². The summed E-state index contributed by atoms with van der Waals surface area (Å²) in [5.41, 5.74) is -5.79. The second-order valence-corrected chi connectivity index (χ2v) is 10.2. The molecule has 178 valence electrons. The Labute approximate surface area is 188 Å². The topological polar surface area (TPSA) is 105 Å². The molecule has 0 aliphatic carbocycles. The minimum Gasteiger partial charge on any atom is -0.507 e. The first-order valence-corrected chi connectivity index (χ1v) is 11.0. The van der Waals surface area contributed by atoms with Crippen LogP contribution in [0.2, 0.25) is 5.02 Å². The highest BCUT2D eigenvalue weighted by Crippen LogP contribution is 2.47. The third-order valence-electron chi connectivity index (χ3n) is 4.61. The third-order valence-corrected chi connectivity index (χ3v) is 6.40. The van der Waals surface area contributed by atoms with E-state index < -0.39 is 36.9 Å². The molecule has 7 nitrogen and oxygen atoms in total. The van der Waals surface area contributed by atoms with Gasteiger partial charge >= 0.3 is 5.51 Å². The SMILES string of the molecule is COc1cc(C(C)(C)C)c(O)c(C(O)Nc2ccc(S(=O)(=O)C(F)(F)F)cc2Cl)c1OC. The summed E-state index contributed by atoms with van der Waals surface area (Å²) in [6.45, 7) is 5.48. The van der Waals surface area contributed by atoms with E-state index in [1.165, 1.54) is 14.2 Å². The number of phenols is 1. The molecule has 12 heteroatoms. The van der Waals surface area contributed by atoms with Gasteiger partial charge < -0.3 is 25.0 Å². The van der Waals surface area contributed by atoms with Gasteiger partial charge in [-0.2, -0.15) is 13.2 Å². The number of hydrogen-bond donors (Lipinski definition) is 3. The van der Waals surface area contributed by atoms with Crippen molar-refractivity contribution in [1.82, 2.24) is 0 Å². The zero-order valence-electron chi connectivity index (χ0n) is 17.8. The number of anilines is 1. The Kier molecular flexibility index (Phi) is 7.18. The van der Waals surface area contributed by atoms with Crippen LogP contribution >= 0.6 is 11.6 Å². The molecular weight excluding hydrogens is 475 g/mol. The Morgan fingerprint density at radius 3 is 2.12 bits per heavy atom. The van der Waals surface area contributed by atoms with Gasteiger partial charge in [-0.1, -0.05) is 32.4 Å². The Morgan fingerprint density at radius 1 is 1.09 bits per heavy atom. The molecule has 0 heterocycles. The van der Waals surface area contributed by atoms with Crippen LogP contribution < -0.4 is 14.8 Å². The molecule has 0 amide bonds. The molecule has 0 fully saturated rings. The van der Waals surface area contributed by atoms with Crippen molar-refractivity contribution in [3.8, 4) is 17.2 Å². The van der Waals surface area contributed by atoms with Crippen molar-refractivity contribution in [2.24, 2.45) is 0 Å². The number of rotatable bonds is 6. The summed E-state index contributed by atoms with van der Waals surface area (Å²) < 4.78 is 72.1. The fraction of sp³-hybridized carbons (Fsp3) is 0.400. The molecule has 2 aromatic rings. The number of aliphatic hydroxyl groups is 1. The number of alkyl halides is 3. The summed E-state index contributed by atoms with van der Waals surface area (Å²) in [5.74, 6) is -0.0447. The van der Waals surface area contributed by atoms with E-state index >= 15 is 0 Å². The van der Waals surface area contributed by atoms with Gasteiger partial charge in [-0.25, -0.2) is 8.42 Å². The predicted molar refractivity (Wildman–Crippen MR) is 113 cm³/mol. The largest absolute Gasteiger partial charge is 0.507 e. The van der Waals surface area contributed by atoms with Crippen molar-refractivity contribution in [2.45, 2.75) is 42.8 Å². The highest BCUT2D eigenvalue weighted by atomic mass is 35.5. The summed E-state index contributed by atoms with van der Waals surface area (Å²) in [6.07, 6.45) is -1.65. The van der Waals surface area contributed by atoms with Crippen molar-refractivity contribution < 1.29 is 41.3 Å². The van der Waals surface area contributed by atoms with Crippen LogP contribution in [0.4, 0.5) is 18.9 Å². The van der Waals surface area contributed by atoms with Crippen molar-refractivity contribution >= 4 is 27.1 Å². The van der Waals surface area contributed by atoms with Crippen LogP contribution in [0.3, 0.4) is 0 Å². The van der Waals surface area contributed by atoms with E-state index in [1.807, 2.05) is 20.8 Å². The second-order valence-electron chi connectivity index (χ2n) is 7.81. The molecule has 0 bridgehead atoms. The summed E-state index contributed by atoms with van der Waals surface area (Å²) in [7, 11) is -2.92. The van der Waals surface area contributed by atoms with Crippen LogP contribution in [-0.2, 0) is 15.3 Å². The number of halogens is 4. The molecule has 0 aliphatic rings. The summed E-state index contributed by atoms with van der Waals surface area (Å²) in [5, 5.41) is 23.8. The maximum Gasteiger partial charge on any atom is 0.501 e. The van der Waals surface area contributed by atoms with E-state index in [2.05, 4.69) is 5.32 Å². The minimum absolute atomic E-state index is 0.0189. The molecule has 32 heavy (non-hydrogen) atoms. The van der Waals surface area contributed by atoms with E-state index in [0.29, 0.717) is 17.7 Å². The number of aromatic hydroxyl groups is 1. The first kappa shape index (κ1) is 25.9. The molecule has 2 aromatic carbocycles. The van der Waals surface area contributed by atoms with Gasteiger partial charge in [0.15, 0.2) is 17.7 Å². The molecule has 1 unspecified atom stereocenters. The van der Waals surface area contributed by atoms with Gasteiger partial charge in [-0.05, 0) is 29.7 Å². The minimum atomic E-state index is -5.60. The fourth-order valence-corrected chi connectivity index (χ4v) is 4.06. The average molecular weight is 498 g/mol. The molecule has 1 atom stereocenters. The Hall–Kier alpha value is -2.37. The van der Waals surface area contributed by atoms with Crippen molar-refractivity contribution in [1.29, 1.82) is 0 Å². The fourth-order valence-electron chi connectivity index (χ4n) is 2.97. The number of aliphatic hydroxyl groups excluding tert-OH is 1. The number of ether oxygens (including phenoxy) is 2. The number of methoxy groups -OCH3 is 2. The number of sulfone groups is 1. The Morgan fingerprint density at radius 2 is 1.69 bits per heavy atom. The average Bonchev–Trinajstić information content (AvgIpc) is 2.66. The van der Waals surface area contributed by atoms with Gasteiger partial charge in [0.2, 0.25) is 0 Å². The quantitative estimate of drug-likeness (QED) is 0.494. The van der Waals surface area contributed by atoms with Crippen molar-refractivity contribution in [2.75, 3.05) is 19.5 Å². The second kappa shape index (κ2) is 8.87. The normalized spacial score (nSPS) is 13.6. The van der Waals surface area contributed by atoms with Crippen molar-refractivity contribution in [3.63, 3.8) is 0 Å². The lowest BCUT2D eigenvalue weighted by Gasteiger charge is -2.27. The summed E-state index contributed by atoms with van der Waals surface area (Å²) >= 11 is 5.97. The van der Waals surface area contributed by atoms with E-state index in [-0.39, 0.29) is 28.5 Å². The zero-order chi connectivity index (χ0) is 24.6. The van der Waals surface area contributed by atoms with Crippen LogP contribution in [0, 0.1) is 0 Å². The highest BCUT2D eigenvalue weighted by Gasteiger charge is 2.47.